The summed E-state index contributed by atoms with van der Waals surface area (Å²) < 4.78 is 12.2. The number of rotatable bonds is 8. The summed E-state index contributed by atoms with van der Waals surface area (Å²) in [6, 6.07) is 16.9. The van der Waals surface area contributed by atoms with Gasteiger partial charge in [-0.3, -0.25) is 4.79 Å². The van der Waals surface area contributed by atoms with Crippen molar-refractivity contribution < 1.29 is 19.1 Å². The molecule has 0 spiro atoms. The van der Waals surface area contributed by atoms with E-state index >= 15 is 0 Å². The van der Waals surface area contributed by atoms with E-state index < -0.39 is 18.5 Å². The molecule has 1 heterocycles. The minimum absolute atomic E-state index is 0.408. The van der Waals surface area contributed by atoms with Gasteiger partial charge in [0.25, 0.3) is 5.91 Å². The van der Waals surface area contributed by atoms with Crippen LogP contribution in [0.25, 0.3) is 11.8 Å². The van der Waals surface area contributed by atoms with E-state index in [2.05, 4.69) is 10.4 Å². The minimum Gasteiger partial charge on any atom is -0.493 e. The van der Waals surface area contributed by atoms with Crippen molar-refractivity contribution in [3.05, 3.63) is 77.5 Å². The Bertz CT molecular complexity index is 1080. The topological polar surface area (TPSA) is 82.4 Å². The lowest BCUT2D eigenvalue weighted by Crippen LogP contribution is -2.21. The molecule has 0 aliphatic carbocycles. The van der Waals surface area contributed by atoms with Crippen LogP contribution < -0.4 is 10.1 Å². The number of hydrogen-bond donors (Lipinski definition) is 1. The fraction of sp³-hybridized carbons (Fsp3) is 0.208. The van der Waals surface area contributed by atoms with E-state index in [1.807, 2.05) is 69.3 Å². The van der Waals surface area contributed by atoms with Crippen molar-refractivity contribution in [2.24, 2.45) is 0 Å². The molecule has 31 heavy (non-hydrogen) atoms. The van der Waals surface area contributed by atoms with Crippen LogP contribution in [0.4, 0.5) is 5.82 Å². The summed E-state index contributed by atoms with van der Waals surface area (Å²) in [5.74, 6) is 0.101. The molecule has 0 radical (unpaired) electrons. The van der Waals surface area contributed by atoms with Crippen LogP contribution in [0.15, 0.2) is 60.7 Å². The van der Waals surface area contributed by atoms with Gasteiger partial charge in [-0.1, -0.05) is 35.9 Å². The first-order valence-electron chi connectivity index (χ1n) is 9.96. The Kier molecular flexibility index (Phi) is 7.22. The van der Waals surface area contributed by atoms with E-state index in [4.69, 9.17) is 9.47 Å². The lowest BCUT2D eigenvalue weighted by molar-refractivity contribution is -0.142. The highest BCUT2D eigenvalue weighted by Crippen LogP contribution is 2.20. The van der Waals surface area contributed by atoms with Gasteiger partial charge in [-0.2, -0.15) is 5.10 Å². The zero-order valence-electron chi connectivity index (χ0n) is 17.8. The Balaban J connectivity index is 1.58. The van der Waals surface area contributed by atoms with Crippen LogP contribution in [-0.2, 0) is 14.3 Å². The number of benzene rings is 2. The number of aryl methyl sites for hydroxylation is 2. The molecule has 1 aromatic heterocycles. The van der Waals surface area contributed by atoms with Crippen molar-refractivity contribution in [3.63, 3.8) is 0 Å². The molecule has 0 aliphatic heterocycles. The SMILES string of the molecule is CCOc1ccccc1/C=C/C(=O)OCC(=O)Nc1cc(C)nn1-c1ccc(C)cc1. The monoisotopic (exact) mass is 419 g/mol. The highest BCUT2D eigenvalue weighted by atomic mass is 16.5. The van der Waals surface area contributed by atoms with Gasteiger partial charge in [0.1, 0.15) is 11.6 Å². The lowest BCUT2D eigenvalue weighted by atomic mass is 10.2. The van der Waals surface area contributed by atoms with Gasteiger partial charge in [-0.25, -0.2) is 9.48 Å². The van der Waals surface area contributed by atoms with Crippen molar-refractivity contribution >= 4 is 23.8 Å². The molecule has 0 unspecified atom stereocenters. The average Bonchev–Trinajstić information content (AvgIpc) is 3.12. The van der Waals surface area contributed by atoms with Gasteiger partial charge in [-0.05, 0) is 45.0 Å². The lowest BCUT2D eigenvalue weighted by Gasteiger charge is -2.09. The first-order valence-corrected chi connectivity index (χ1v) is 9.96. The third-order valence-corrected chi connectivity index (χ3v) is 4.34. The number of hydrogen-bond acceptors (Lipinski definition) is 5. The highest BCUT2D eigenvalue weighted by molar-refractivity contribution is 5.94. The number of para-hydroxylation sites is 1. The largest absolute Gasteiger partial charge is 0.493 e. The molecule has 0 saturated carbocycles. The minimum atomic E-state index is -0.621. The molecule has 7 heteroatoms. The maximum Gasteiger partial charge on any atom is 0.331 e. The molecular weight excluding hydrogens is 394 g/mol. The van der Waals surface area contributed by atoms with Gasteiger partial charge in [-0.15, -0.1) is 0 Å². The summed E-state index contributed by atoms with van der Waals surface area (Å²) in [5, 5.41) is 7.16. The van der Waals surface area contributed by atoms with E-state index in [0.29, 0.717) is 18.2 Å². The Morgan fingerprint density at radius 2 is 1.84 bits per heavy atom. The Labute approximate surface area is 181 Å². The molecule has 3 rings (SSSR count). The van der Waals surface area contributed by atoms with Crippen LogP contribution in [0, 0.1) is 13.8 Å². The molecule has 7 nitrogen and oxygen atoms in total. The highest BCUT2D eigenvalue weighted by Gasteiger charge is 2.12. The second kappa shape index (κ2) is 10.2. The molecule has 0 fully saturated rings. The number of carbonyl (C=O) groups excluding carboxylic acids is 2. The molecule has 0 aliphatic rings. The van der Waals surface area contributed by atoms with Crippen LogP contribution >= 0.6 is 0 Å². The quantitative estimate of drug-likeness (QED) is 0.439. The van der Waals surface area contributed by atoms with Crippen molar-refractivity contribution in [1.29, 1.82) is 0 Å². The summed E-state index contributed by atoms with van der Waals surface area (Å²) in [6.07, 6.45) is 2.87. The van der Waals surface area contributed by atoms with Crippen LogP contribution in [0.5, 0.6) is 5.75 Å². The normalized spacial score (nSPS) is 10.8. The average molecular weight is 419 g/mol. The molecule has 0 saturated heterocycles. The molecule has 0 atom stereocenters. The standard InChI is InChI=1S/C24H25N3O4/c1-4-30-21-8-6-5-7-19(21)11-14-24(29)31-16-23(28)25-22-15-18(3)26-27(22)20-12-9-17(2)10-13-20/h5-15H,4,16H2,1-3H3,(H,25,28)/b14-11+. The fourth-order valence-corrected chi connectivity index (χ4v) is 2.90. The maximum atomic E-state index is 12.3. The molecule has 1 N–H and O–H groups in total. The Morgan fingerprint density at radius 1 is 1.10 bits per heavy atom. The number of amides is 1. The number of nitrogens with zero attached hydrogens (tertiary/aromatic N) is 2. The van der Waals surface area contributed by atoms with Crippen molar-refractivity contribution in [3.8, 4) is 11.4 Å². The second-order valence-corrected chi connectivity index (χ2v) is 6.88. The van der Waals surface area contributed by atoms with E-state index in [-0.39, 0.29) is 0 Å². The van der Waals surface area contributed by atoms with Gasteiger partial charge >= 0.3 is 5.97 Å². The number of ether oxygens (including phenoxy) is 2. The third kappa shape index (κ3) is 6.05. The van der Waals surface area contributed by atoms with Crippen LogP contribution in [0.3, 0.4) is 0 Å². The predicted octanol–water partition coefficient (Wildman–Crippen LogP) is 4.08. The first-order chi connectivity index (χ1) is 15.0. The van der Waals surface area contributed by atoms with Crippen LogP contribution in [0.2, 0.25) is 0 Å². The fourth-order valence-electron chi connectivity index (χ4n) is 2.90. The molecule has 0 bridgehead atoms. The molecule has 1 amide bonds. The second-order valence-electron chi connectivity index (χ2n) is 6.88. The first kappa shape index (κ1) is 21.8. The number of aromatic nitrogens is 2. The molecular formula is C24H25N3O4. The third-order valence-electron chi connectivity index (χ3n) is 4.34. The summed E-state index contributed by atoms with van der Waals surface area (Å²) in [7, 11) is 0. The van der Waals surface area contributed by atoms with Crippen molar-refractivity contribution in [2.75, 3.05) is 18.5 Å². The zero-order chi connectivity index (χ0) is 22.2. The summed E-state index contributed by atoms with van der Waals surface area (Å²) >= 11 is 0. The Morgan fingerprint density at radius 3 is 2.58 bits per heavy atom. The Hall–Kier alpha value is -3.87. The van der Waals surface area contributed by atoms with Crippen molar-refractivity contribution in [2.45, 2.75) is 20.8 Å². The summed E-state index contributed by atoms with van der Waals surface area (Å²) in [4.78, 5) is 24.3. The van der Waals surface area contributed by atoms with Gasteiger partial charge in [0.05, 0.1) is 18.0 Å². The molecule has 3 aromatic rings. The predicted molar refractivity (Wildman–Crippen MR) is 119 cm³/mol. The van der Waals surface area contributed by atoms with Crippen LogP contribution in [-0.4, -0.2) is 34.9 Å². The van der Waals surface area contributed by atoms with E-state index in [9.17, 15) is 9.59 Å². The zero-order valence-corrected chi connectivity index (χ0v) is 17.8. The van der Waals surface area contributed by atoms with Gasteiger partial charge in [0.2, 0.25) is 0 Å². The number of nitrogens with one attached hydrogen (secondary N) is 1. The van der Waals surface area contributed by atoms with E-state index in [0.717, 1.165) is 22.5 Å². The number of esters is 1. The number of carbonyl (C=O) groups is 2. The van der Waals surface area contributed by atoms with E-state index in [1.54, 1.807) is 16.8 Å². The number of anilines is 1. The maximum absolute atomic E-state index is 12.3. The van der Waals surface area contributed by atoms with Gasteiger partial charge < -0.3 is 14.8 Å². The molecule has 160 valence electrons. The van der Waals surface area contributed by atoms with Crippen LogP contribution in [0.1, 0.15) is 23.7 Å². The molecule has 2 aromatic carbocycles. The summed E-state index contributed by atoms with van der Waals surface area (Å²) in [6.45, 7) is 5.84. The smallest absolute Gasteiger partial charge is 0.331 e. The van der Waals surface area contributed by atoms with Gasteiger partial charge in [0.15, 0.2) is 6.61 Å². The van der Waals surface area contributed by atoms with Gasteiger partial charge in [0, 0.05) is 17.7 Å². The van der Waals surface area contributed by atoms with E-state index in [1.165, 1.54) is 6.08 Å². The van der Waals surface area contributed by atoms with Crippen molar-refractivity contribution in [1.82, 2.24) is 9.78 Å². The summed E-state index contributed by atoms with van der Waals surface area (Å²) in [5.41, 5.74) is 3.45.